The smallest absolute Gasteiger partial charge is 0.140 e. The molecule has 0 spiro atoms. The second-order valence-electron chi connectivity index (χ2n) is 3.21. The summed E-state index contributed by atoms with van der Waals surface area (Å²) in [5, 5.41) is 9.05. The zero-order valence-electron chi connectivity index (χ0n) is 7.51. The Morgan fingerprint density at radius 1 is 1.54 bits per heavy atom. The number of aromatic nitrogens is 2. The van der Waals surface area contributed by atoms with Crippen molar-refractivity contribution >= 4 is 5.65 Å². The zero-order chi connectivity index (χ0) is 9.26. The van der Waals surface area contributed by atoms with Crippen molar-refractivity contribution < 1.29 is 5.11 Å². The van der Waals surface area contributed by atoms with E-state index in [1.165, 1.54) is 0 Å². The zero-order valence-corrected chi connectivity index (χ0v) is 7.51. The third-order valence-electron chi connectivity index (χ3n) is 2.25. The van der Waals surface area contributed by atoms with Crippen LogP contribution in [0.1, 0.15) is 18.4 Å². The van der Waals surface area contributed by atoms with Gasteiger partial charge in [0.05, 0.1) is 0 Å². The minimum atomic E-state index is 0.145. The highest BCUT2D eigenvalue weighted by Gasteiger charge is 2.08. The predicted octanol–water partition coefficient (Wildman–Crippen LogP) is 1.43. The summed E-state index contributed by atoms with van der Waals surface area (Å²) < 4.78 is 1.96. The Bertz CT molecular complexity index is 408. The highest BCUT2D eigenvalue weighted by molar-refractivity contribution is 5.49. The summed E-state index contributed by atoms with van der Waals surface area (Å²) in [6, 6.07) is 3.97. The van der Waals surface area contributed by atoms with Crippen molar-refractivity contribution in [3.05, 3.63) is 36.3 Å². The van der Waals surface area contributed by atoms with Crippen molar-refractivity contribution in [3.63, 3.8) is 0 Å². The van der Waals surface area contributed by atoms with E-state index in [1.54, 1.807) is 6.20 Å². The third-order valence-corrected chi connectivity index (χ3v) is 2.25. The summed E-state index contributed by atoms with van der Waals surface area (Å²) in [7, 11) is 0. The van der Waals surface area contributed by atoms with Crippen molar-refractivity contribution in [1.29, 1.82) is 0 Å². The van der Waals surface area contributed by atoms with Crippen LogP contribution in [0, 0.1) is 0 Å². The minimum Gasteiger partial charge on any atom is -0.396 e. The fourth-order valence-corrected chi connectivity index (χ4v) is 1.45. The molecule has 2 aromatic heterocycles. The summed E-state index contributed by atoms with van der Waals surface area (Å²) in [5.41, 5.74) is 2.03. The van der Waals surface area contributed by atoms with Crippen LogP contribution in [-0.2, 0) is 0 Å². The molecule has 0 saturated carbocycles. The van der Waals surface area contributed by atoms with Crippen LogP contribution in [0.15, 0.2) is 30.7 Å². The molecule has 0 aromatic carbocycles. The maximum Gasteiger partial charge on any atom is 0.140 e. The standard InChI is InChI=1S/C10H12N2O/c1-8(7-13)9-3-2-5-12-6-4-11-10(9)12/h2-6,8,13H,7H2,1H3. The normalized spacial score (nSPS) is 13.4. The van der Waals surface area contributed by atoms with Crippen LogP contribution in [-0.4, -0.2) is 21.1 Å². The van der Waals surface area contributed by atoms with Gasteiger partial charge in [0.15, 0.2) is 0 Å². The average molecular weight is 176 g/mol. The molecule has 0 amide bonds. The van der Waals surface area contributed by atoms with E-state index in [-0.39, 0.29) is 12.5 Å². The lowest BCUT2D eigenvalue weighted by atomic mass is 10.0. The Labute approximate surface area is 76.7 Å². The fourth-order valence-electron chi connectivity index (χ4n) is 1.45. The number of nitrogens with zero attached hydrogens (tertiary/aromatic N) is 2. The monoisotopic (exact) mass is 176 g/mol. The van der Waals surface area contributed by atoms with Crippen LogP contribution < -0.4 is 0 Å². The van der Waals surface area contributed by atoms with E-state index in [0.717, 1.165) is 11.2 Å². The number of rotatable bonds is 2. The Morgan fingerprint density at radius 2 is 2.38 bits per heavy atom. The summed E-state index contributed by atoms with van der Waals surface area (Å²) in [6.45, 7) is 2.15. The highest BCUT2D eigenvalue weighted by atomic mass is 16.3. The number of hydrogen-bond donors (Lipinski definition) is 1. The largest absolute Gasteiger partial charge is 0.396 e. The van der Waals surface area contributed by atoms with Crippen molar-refractivity contribution in [2.24, 2.45) is 0 Å². The minimum absolute atomic E-state index is 0.145. The summed E-state index contributed by atoms with van der Waals surface area (Å²) in [6.07, 6.45) is 5.63. The maximum atomic E-state index is 9.05. The molecule has 1 unspecified atom stereocenters. The quantitative estimate of drug-likeness (QED) is 0.751. The number of fused-ring (bicyclic) bond motifs is 1. The fraction of sp³-hybridized carbons (Fsp3) is 0.300. The van der Waals surface area contributed by atoms with Gasteiger partial charge in [-0.2, -0.15) is 0 Å². The van der Waals surface area contributed by atoms with E-state index < -0.39 is 0 Å². The molecule has 1 N–H and O–H groups in total. The van der Waals surface area contributed by atoms with Gasteiger partial charge in [0.1, 0.15) is 5.65 Å². The van der Waals surface area contributed by atoms with Crippen LogP contribution in [0.4, 0.5) is 0 Å². The number of aliphatic hydroxyl groups is 1. The first kappa shape index (κ1) is 8.26. The number of hydrogen-bond acceptors (Lipinski definition) is 2. The average Bonchev–Trinajstić information content (AvgIpc) is 2.63. The van der Waals surface area contributed by atoms with Gasteiger partial charge in [-0.15, -0.1) is 0 Å². The van der Waals surface area contributed by atoms with Crippen LogP contribution in [0.5, 0.6) is 0 Å². The first-order chi connectivity index (χ1) is 6.33. The molecule has 0 saturated heterocycles. The molecule has 0 bridgehead atoms. The number of imidazole rings is 1. The molecule has 2 rings (SSSR count). The second-order valence-corrected chi connectivity index (χ2v) is 3.21. The van der Waals surface area contributed by atoms with E-state index >= 15 is 0 Å². The van der Waals surface area contributed by atoms with Gasteiger partial charge >= 0.3 is 0 Å². The van der Waals surface area contributed by atoms with Gasteiger partial charge in [-0.05, 0) is 6.07 Å². The van der Waals surface area contributed by atoms with Crippen molar-refractivity contribution in [2.75, 3.05) is 6.61 Å². The van der Waals surface area contributed by atoms with E-state index in [1.807, 2.05) is 35.9 Å². The van der Waals surface area contributed by atoms with Gasteiger partial charge in [0.2, 0.25) is 0 Å². The van der Waals surface area contributed by atoms with Gasteiger partial charge in [0, 0.05) is 36.7 Å². The Hall–Kier alpha value is -1.35. The summed E-state index contributed by atoms with van der Waals surface area (Å²) in [5.74, 6) is 0.145. The number of aliphatic hydroxyl groups excluding tert-OH is 1. The van der Waals surface area contributed by atoms with Crippen molar-refractivity contribution in [1.82, 2.24) is 9.38 Å². The predicted molar refractivity (Wildman–Crippen MR) is 50.7 cm³/mol. The van der Waals surface area contributed by atoms with Gasteiger partial charge in [-0.25, -0.2) is 4.98 Å². The molecular weight excluding hydrogens is 164 g/mol. The topological polar surface area (TPSA) is 37.5 Å². The Kier molecular flexibility index (Phi) is 2.02. The van der Waals surface area contributed by atoms with E-state index in [0.29, 0.717) is 0 Å². The van der Waals surface area contributed by atoms with Crippen LogP contribution in [0.2, 0.25) is 0 Å². The lowest BCUT2D eigenvalue weighted by molar-refractivity contribution is 0.273. The molecule has 0 aliphatic carbocycles. The molecule has 2 heterocycles. The molecule has 0 aliphatic rings. The summed E-state index contributed by atoms with van der Waals surface area (Å²) in [4.78, 5) is 4.24. The van der Waals surface area contributed by atoms with Gasteiger partial charge in [0.25, 0.3) is 0 Å². The lowest BCUT2D eigenvalue weighted by Gasteiger charge is -2.08. The molecule has 3 nitrogen and oxygen atoms in total. The first-order valence-corrected chi connectivity index (χ1v) is 4.35. The van der Waals surface area contributed by atoms with E-state index in [2.05, 4.69) is 4.98 Å². The van der Waals surface area contributed by atoms with Gasteiger partial charge in [-0.1, -0.05) is 13.0 Å². The SMILES string of the molecule is CC(CO)c1cccn2ccnc12. The summed E-state index contributed by atoms with van der Waals surface area (Å²) >= 11 is 0. The van der Waals surface area contributed by atoms with Gasteiger partial charge in [-0.3, -0.25) is 0 Å². The maximum absolute atomic E-state index is 9.05. The molecular formula is C10H12N2O. The lowest BCUT2D eigenvalue weighted by Crippen LogP contribution is -2.01. The molecule has 3 heteroatoms. The molecule has 0 fully saturated rings. The highest BCUT2D eigenvalue weighted by Crippen LogP contribution is 2.18. The molecule has 13 heavy (non-hydrogen) atoms. The van der Waals surface area contributed by atoms with Crippen molar-refractivity contribution in [2.45, 2.75) is 12.8 Å². The van der Waals surface area contributed by atoms with Crippen LogP contribution in [0.25, 0.3) is 5.65 Å². The molecule has 0 radical (unpaired) electrons. The molecule has 0 aliphatic heterocycles. The van der Waals surface area contributed by atoms with Crippen molar-refractivity contribution in [3.8, 4) is 0 Å². The van der Waals surface area contributed by atoms with E-state index in [9.17, 15) is 0 Å². The molecule has 1 atom stereocenters. The Morgan fingerprint density at radius 3 is 3.15 bits per heavy atom. The van der Waals surface area contributed by atoms with E-state index in [4.69, 9.17) is 5.11 Å². The van der Waals surface area contributed by atoms with Crippen LogP contribution in [0.3, 0.4) is 0 Å². The Balaban J connectivity index is 2.60. The second kappa shape index (κ2) is 3.18. The number of pyridine rings is 1. The van der Waals surface area contributed by atoms with Gasteiger partial charge < -0.3 is 9.51 Å². The molecule has 2 aromatic rings. The molecule has 68 valence electrons. The first-order valence-electron chi connectivity index (χ1n) is 4.35. The van der Waals surface area contributed by atoms with Crippen LogP contribution >= 0.6 is 0 Å². The third kappa shape index (κ3) is 1.31.